The lowest BCUT2D eigenvalue weighted by Crippen LogP contribution is -2.30. The summed E-state index contributed by atoms with van der Waals surface area (Å²) in [7, 11) is 0. The van der Waals surface area contributed by atoms with Crippen LogP contribution in [0.25, 0.3) is 6.08 Å². The van der Waals surface area contributed by atoms with Crippen molar-refractivity contribution in [3.63, 3.8) is 0 Å². The summed E-state index contributed by atoms with van der Waals surface area (Å²) in [5, 5.41) is 20.8. The van der Waals surface area contributed by atoms with E-state index in [2.05, 4.69) is 16.8 Å². The fraction of sp³-hybridized carbons (Fsp3) is 0.0968. The molecule has 3 aromatic carbocycles. The number of ether oxygens (including phenoxy) is 1. The number of rotatable bonds is 11. The molecule has 7 nitrogen and oxygen atoms in total. The standard InChI is InChI=1S/C31H23Cl2N3O4S2/c1-2-15-40-23-10-6-9-20(16-23)27-26(25(37)14-11-19-7-4-3-5-8-19)28(38)29(39)36(27)30-34-35-31(42-30)41-18-21-12-13-22(32)17-24(21)33/h2-14,16-17,27,38H,1,15,18H2. The van der Waals surface area contributed by atoms with Crippen molar-refractivity contribution < 1.29 is 19.4 Å². The third kappa shape index (κ3) is 6.60. The van der Waals surface area contributed by atoms with Crippen molar-refractivity contribution in [2.75, 3.05) is 11.5 Å². The molecule has 5 rings (SSSR count). The Balaban J connectivity index is 1.48. The number of benzene rings is 3. The highest BCUT2D eigenvalue weighted by Gasteiger charge is 2.45. The number of ketones is 1. The van der Waals surface area contributed by atoms with Gasteiger partial charge in [-0.3, -0.25) is 14.5 Å². The van der Waals surface area contributed by atoms with Gasteiger partial charge < -0.3 is 9.84 Å². The van der Waals surface area contributed by atoms with Crippen LogP contribution in [0, 0.1) is 0 Å². The Morgan fingerprint density at radius 1 is 1.10 bits per heavy atom. The number of aliphatic hydroxyl groups excluding tert-OH is 1. The SMILES string of the molecule is C=CCOc1cccc(C2C(C(=O)C=Cc3ccccc3)=C(O)C(=O)N2c2nnc(SCc3ccc(Cl)cc3Cl)s2)c1. The molecule has 1 aromatic heterocycles. The van der Waals surface area contributed by atoms with Gasteiger partial charge in [-0.15, -0.1) is 10.2 Å². The van der Waals surface area contributed by atoms with Crippen LogP contribution in [0.3, 0.4) is 0 Å². The topological polar surface area (TPSA) is 92.6 Å². The second-order valence-corrected chi connectivity index (χ2v) is 12.0. The van der Waals surface area contributed by atoms with E-state index in [1.165, 1.54) is 34.1 Å². The number of halogens is 2. The molecule has 0 spiro atoms. The summed E-state index contributed by atoms with van der Waals surface area (Å²) in [5.41, 5.74) is 2.16. The van der Waals surface area contributed by atoms with Crippen molar-refractivity contribution in [1.29, 1.82) is 0 Å². The van der Waals surface area contributed by atoms with Gasteiger partial charge in [0.15, 0.2) is 15.9 Å². The van der Waals surface area contributed by atoms with Crippen LogP contribution < -0.4 is 9.64 Å². The van der Waals surface area contributed by atoms with E-state index in [1.807, 2.05) is 36.4 Å². The molecule has 0 bridgehead atoms. The van der Waals surface area contributed by atoms with E-state index in [4.69, 9.17) is 27.9 Å². The zero-order valence-electron chi connectivity index (χ0n) is 21.9. The van der Waals surface area contributed by atoms with Gasteiger partial charge in [-0.25, -0.2) is 0 Å². The van der Waals surface area contributed by atoms with Crippen molar-refractivity contribution in [2.45, 2.75) is 16.1 Å². The van der Waals surface area contributed by atoms with Gasteiger partial charge in [0.2, 0.25) is 5.13 Å². The molecule has 212 valence electrons. The van der Waals surface area contributed by atoms with Crippen LogP contribution in [0.1, 0.15) is 22.7 Å². The number of amides is 1. The van der Waals surface area contributed by atoms with Crippen LogP contribution in [-0.2, 0) is 15.3 Å². The fourth-order valence-corrected chi connectivity index (χ4v) is 6.69. The number of allylic oxidation sites excluding steroid dienone is 1. The molecule has 0 fully saturated rings. The average Bonchev–Trinajstić information content (AvgIpc) is 3.56. The summed E-state index contributed by atoms with van der Waals surface area (Å²) in [6.07, 6.45) is 4.60. The highest BCUT2D eigenvalue weighted by Crippen LogP contribution is 2.44. The van der Waals surface area contributed by atoms with Crippen LogP contribution in [0.4, 0.5) is 5.13 Å². The van der Waals surface area contributed by atoms with Gasteiger partial charge in [-0.05, 0) is 47.0 Å². The molecule has 1 aliphatic rings. The summed E-state index contributed by atoms with van der Waals surface area (Å²) in [5.74, 6) is -0.876. The first kappa shape index (κ1) is 29.6. The Kier molecular flexibility index (Phi) is 9.44. The van der Waals surface area contributed by atoms with E-state index < -0.39 is 23.5 Å². The third-order valence-electron chi connectivity index (χ3n) is 6.21. The smallest absolute Gasteiger partial charge is 0.296 e. The number of hydrogen-bond acceptors (Lipinski definition) is 8. The Hall–Kier alpha value is -3.89. The first-order valence-corrected chi connectivity index (χ1v) is 15.2. The van der Waals surface area contributed by atoms with Gasteiger partial charge >= 0.3 is 0 Å². The lowest BCUT2D eigenvalue weighted by Gasteiger charge is -2.24. The highest BCUT2D eigenvalue weighted by molar-refractivity contribution is 8.00. The number of carbonyl (C=O) groups is 2. The maximum absolute atomic E-state index is 13.5. The van der Waals surface area contributed by atoms with Crippen molar-refractivity contribution in [3.8, 4) is 5.75 Å². The molecule has 42 heavy (non-hydrogen) atoms. The minimum absolute atomic E-state index is 0.0644. The molecule has 1 atom stereocenters. The number of nitrogens with zero attached hydrogens (tertiary/aromatic N) is 3. The van der Waals surface area contributed by atoms with Gasteiger partial charge in [-0.2, -0.15) is 0 Å². The molecule has 1 aliphatic heterocycles. The fourth-order valence-electron chi connectivity index (χ4n) is 4.26. The second kappa shape index (κ2) is 13.4. The maximum atomic E-state index is 13.5. The van der Waals surface area contributed by atoms with Crippen molar-refractivity contribution >= 4 is 69.2 Å². The Morgan fingerprint density at radius 2 is 1.90 bits per heavy atom. The zero-order chi connectivity index (χ0) is 29.6. The van der Waals surface area contributed by atoms with E-state index in [0.717, 1.165) is 11.1 Å². The molecule has 0 saturated heterocycles. The zero-order valence-corrected chi connectivity index (χ0v) is 25.1. The second-order valence-electron chi connectivity index (χ2n) is 9.00. The number of aromatic nitrogens is 2. The van der Waals surface area contributed by atoms with E-state index in [0.29, 0.717) is 31.5 Å². The van der Waals surface area contributed by atoms with Gasteiger partial charge in [0.1, 0.15) is 12.4 Å². The number of thioether (sulfide) groups is 1. The monoisotopic (exact) mass is 635 g/mol. The normalized spacial score (nSPS) is 15.0. The molecular formula is C31H23Cl2N3O4S2. The van der Waals surface area contributed by atoms with E-state index in [-0.39, 0.29) is 17.3 Å². The summed E-state index contributed by atoms with van der Waals surface area (Å²) in [6, 6.07) is 20.6. The van der Waals surface area contributed by atoms with Crippen molar-refractivity contribution in [2.24, 2.45) is 0 Å². The van der Waals surface area contributed by atoms with Gasteiger partial charge in [-0.1, -0.05) is 114 Å². The average molecular weight is 637 g/mol. The van der Waals surface area contributed by atoms with Gasteiger partial charge in [0, 0.05) is 15.8 Å². The number of hydrogen-bond donors (Lipinski definition) is 1. The molecule has 4 aromatic rings. The van der Waals surface area contributed by atoms with Gasteiger partial charge in [0.05, 0.1) is 11.6 Å². The summed E-state index contributed by atoms with van der Waals surface area (Å²) >= 11 is 14.9. The summed E-state index contributed by atoms with van der Waals surface area (Å²) < 4.78 is 6.28. The largest absolute Gasteiger partial charge is 0.503 e. The molecular weight excluding hydrogens is 613 g/mol. The molecule has 0 radical (unpaired) electrons. The lowest BCUT2D eigenvalue weighted by molar-refractivity contribution is -0.117. The molecule has 1 N–H and O–H groups in total. The molecule has 1 amide bonds. The predicted octanol–water partition coefficient (Wildman–Crippen LogP) is 7.88. The van der Waals surface area contributed by atoms with E-state index >= 15 is 0 Å². The Labute approximate surface area is 260 Å². The van der Waals surface area contributed by atoms with Crippen molar-refractivity contribution in [3.05, 3.63) is 130 Å². The predicted molar refractivity (Wildman–Crippen MR) is 168 cm³/mol. The molecule has 1 unspecified atom stereocenters. The number of anilines is 1. The highest BCUT2D eigenvalue weighted by atomic mass is 35.5. The lowest BCUT2D eigenvalue weighted by atomic mass is 9.95. The summed E-state index contributed by atoms with van der Waals surface area (Å²) in [6.45, 7) is 3.95. The van der Waals surface area contributed by atoms with Crippen LogP contribution in [0.5, 0.6) is 5.75 Å². The van der Waals surface area contributed by atoms with Crippen LogP contribution in [0.2, 0.25) is 10.0 Å². The Bertz CT molecular complexity index is 1710. The third-order valence-corrected chi connectivity index (χ3v) is 8.90. The first-order chi connectivity index (χ1) is 20.4. The quantitative estimate of drug-likeness (QED) is 0.0775. The van der Waals surface area contributed by atoms with Crippen molar-refractivity contribution in [1.82, 2.24) is 10.2 Å². The number of aliphatic hydroxyl groups is 1. The number of carbonyl (C=O) groups excluding carboxylic acids is 2. The molecule has 0 aliphatic carbocycles. The maximum Gasteiger partial charge on any atom is 0.296 e. The minimum atomic E-state index is -0.964. The van der Waals surface area contributed by atoms with Crippen LogP contribution in [-0.4, -0.2) is 33.6 Å². The van der Waals surface area contributed by atoms with E-state index in [9.17, 15) is 14.7 Å². The molecule has 0 saturated carbocycles. The summed E-state index contributed by atoms with van der Waals surface area (Å²) in [4.78, 5) is 28.3. The van der Waals surface area contributed by atoms with Crippen LogP contribution >= 0.6 is 46.3 Å². The van der Waals surface area contributed by atoms with Gasteiger partial charge in [0.25, 0.3) is 5.91 Å². The minimum Gasteiger partial charge on any atom is -0.503 e. The first-order valence-electron chi connectivity index (χ1n) is 12.6. The molecule has 11 heteroatoms. The molecule has 2 heterocycles. The Morgan fingerprint density at radius 3 is 2.67 bits per heavy atom. The van der Waals surface area contributed by atoms with E-state index in [1.54, 1.807) is 48.6 Å². The van der Waals surface area contributed by atoms with Crippen LogP contribution in [0.15, 0.2) is 107 Å².